The highest BCUT2D eigenvalue weighted by molar-refractivity contribution is 5.97. The van der Waals surface area contributed by atoms with Gasteiger partial charge in [0.1, 0.15) is 5.75 Å². The molecule has 0 fully saturated rings. The van der Waals surface area contributed by atoms with E-state index in [1.54, 1.807) is 13.2 Å². The van der Waals surface area contributed by atoms with Crippen molar-refractivity contribution in [3.63, 3.8) is 0 Å². The number of aryl methyl sites for hydroxylation is 1. The minimum absolute atomic E-state index is 0.817. The molecule has 5 heteroatoms. The standard InChI is InChI=1S/C17H22N2O3/c1-18(2)10-9-13-11-19(3)17-12(6-8-15(20)21)5-7-14(22-4)16(13)17/h5-8,11H,9-10H2,1-4H3,(H,20,21)/b8-6+. The van der Waals surface area contributed by atoms with Gasteiger partial charge in [0.15, 0.2) is 0 Å². The molecular formula is C17H22N2O3. The summed E-state index contributed by atoms with van der Waals surface area (Å²) >= 11 is 0. The van der Waals surface area contributed by atoms with Gasteiger partial charge in [-0.15, -0.1) is 0 Å². The van der Waals surface area contributed by atoms with Gasteiger partial charge in [-0.05, 0) is 49.9 Å². The lowest BCUT2D eigenvalue weighted by molar-refractivity contribution is -0.131. The largest absolute Gasteiger partial charge is 0.496 e. The molecule has 1 N–H and O–H groups in total. The number of ether oxygens (including phenoxy) is 1. The molecule has 1 heterocycles. The van der Waals surface area contributed by atoms with Crippen molar-refractivity contribution in [2.24, 2.45) is 7.05 Å². The topological polar surface area (TPSA) is 54.7 Å². The predicted molar refractivity (Wildman–Crippen MR) is 88.4 cm³/mol. The summed E-state index contributed by atoms with van der Waals surface area (Å²) in [6.45, 7) is 0.942. The number of carboxylic acids is 1. The molecule has 0 bridgehead atoms. The number of methoxy groups -OCH3 is 1. The highest BCUT2D eigenvalue weighted by Crippen LogP contribution is 2.33. The first kappa shape index (κ1) is 16.1. The third-order valence-electron chi connectivity index (χ3n) is 3.65. The number of fused-ring (bicyclic) bond motifs is 1. The fourth-order valence-electron chi connectivity index (χ4n) is 2.64. The minimum atomic E-state index is -0.953. The molecule has 0 aliphatic carbocycles. The van der Waals surface area contributed by atoms with Gasteiger partial charge in [0.2, 0.25) is 0 Å². The molecule has 0 amide bonds. The number of carbonyl (C=O) groups is 1. The highest BCUT2D eigenvalue weighted by Gasteiger charge is 2.14. The molecule has 0 atom stereocenters. The molecule has 22 heavy (non-hydrogen) atoms. The van der Waals surface area contributed by atoms with E-state index < -0.39 is 5.97 Å². The van der Waals surface area contributed by atoms with Crippen LogP contribution < -0.4 is 4.74 Å². The molecule has 2 rings (SSSR count). The van der Waals surface area contributed by atoms with Crippen LogP contribution >= 0.6 is 0 Å². The van der Waals surface area contributed by atoms with Gasteiger partial charge in [0.25, 0.3) is 0 Å². The molecular weight excluding hydrogens is 280 g/mol. The van der Waals surface area contributed by atoms with Crippen LogP contribution in [0.15, 0.2) is 24.4 Å². The zero-order valence-electron chi connectivity index (χ0n) is 13.5. The van der Waals surface area contributed by atoms with Gasteiger partial charge in [0, 0.05) is 31.3 Å². The van der Waals surface area contributed by atoms with Crippen molar-refractivity contribution in [1.29, 1.82) is 0 Å². The van der Waals surface area contributed by atoms with Gasteiger partial charge < -0.3 is 19.3 Å². The first-order valence-electron chi connectivity index (χ1n) is 7.14. The number of aromatic nitrogens is 1. The first-order chi connectivity index (χ1) is 10.4. The van der Waals surface area contributed by atoms with Crippen LogP contribution in [0.2, 0.25) is 0 Å². The summed E-state index contributed by atoms with van der Waals surface area (Å²) in [6, 6.07) is 3.78. The molecule has 0 spiro atoms. The van der Waals surface area contributed by atoms with Crippen molar-refractivity contribution in [1.82, 2.24) is 9.47 Å². The number of hydrogen-bond donors (Lipinski definition) is 1. The lowest BCUT2D eigenvalue weighted by Crippen LogP contribution is -2.14. The minimum Gasteiger partial charge on any atom is -0.496 e. The van der Waals surface area contributed by atoms with Crippen molar-refractivity contribution in [2.45, 2.75) is 6.42 Å². The van der Waals surface area contributed by atoms with Gasteiger partial charge in [-0.2, -0.15) is 0 Å². The summed E-state index contributed by atoms with van der Waals surface area (Å²) < 4.78 is 7.53. The van der Waals surface area contributed by atoms with E-state index in [0.29, 0.717) is 0 Å². The molecule has 5 nitrogen and oxygen atoms in total. The molecule has 0 saturated heterocycles. The number of benzene rings is 1. The number of rotatable bonds is 6. The fraction of sp³-hybridized carbons (Fsp3) is 0.353. The van der Waals surface area contributed by atoms with Crippen LogP contribution in [0.25, 0.3) is 17.0 Å². The van der Waals surface area contributed by atoms with Crippen molar-refractivity contribution in [3.05, 3.63) is 35.5 Å². The Morgan fingerprint density at radius 2 is 2.14 bits per heavy atom. The molecule has 0 aliphatic rings. The van der Waals surface area contributed by atoms with Crippen LogP contribution in [0.5, 0.6) is 5.75 Å². The van der Waals surface area contributed by atoms with Gasteiger partial charge in [0.05, 0.1) is 12.6 Å². The van der Waals surface area contributed by atoms with Crippen molar-refractivity contribution in [2.75, 3.05) is 27.7 Å². The number of carboxylic acid groups (broad SMARTS) is 1. The Hall–Kier alpha value is -2.27. The molecule has 0 saturated carbocycles. The molecule has 118 valence electrons. The second-order valence-corrected chi connectivity index (χ2v) is 5.57. The third kappa shape index (κ3) is 3.31. The maximum Gasteiger partial charge on any atom is 0.328 e. The Kier molecular flexibility index (Phi) is 4.88. The van der Waals surface area contributed by atoms with Gasteiger partial charge in [-0.1, -0.05) is 0 Å². The van der Waals surface area contributed by atoms with Crippen LogP contribution in [0, 0.1) is 0 Å². The Morgan fingerprint density at radius 1 is 1.41 bits per heavy atom. The summed E-state index contributed by atoms with van der Waals surface area (Å²) in [4.78, 5) is 12.9. The Balaban J connectivity index is 2.59. The number of likely N-dealkylation sites (N-methyl/N-ethyl adjacent to an activating group) is 1. The molecule has 0 aliphatic heterocycles. The van der Waals surface area contributed by atoms with E-state index in [9.17, 15) is 4.79 Å². The van der Waals surface area contributed by atoms with Crippen LogP contribution in [0.1, 0.15) is 11.1 Å². The number of nitrogens with zero attached hydrogens (tertiary/aromatic N) is 2. The Morgan fingerprint density at radius 3 is 2.73 bits per heavy atom. The van der Waals surface area contributed by atoms with E-state index >= 15 is 0 Å². The Bertz CT molecular complexity index is 714. The maximum absolute atomic E-state index is 10.8. The van der Waals surface area contributed by atoms with Crippen molar-refractivity contribution in [3.8, 4) is 5.75 Å². The monoisotopic (exact) mass is 302 g/mol. The molecule has 0 radical (unpaired) electrons. The van der Waals surface area contributed by atoms with E-state index in [-0.39, 0.29) is 0 Å². The summed E-state index contributed by atoms with van der Waals surface area (Å²) in [6.07, 6.45) is 5.79. The van der Waals surface area contributed by atoms with Crippen LogP contribution in [0.4, 0.5) is 0 Å². The summed E-state index contributed by atoms with van der Waals surface area (Å²) in [5, 5.41) is 9.90. The van der Waals surface area contributed by atoms with E-state index in [4.69, 9.17) is 9.84 Å². The SMILES string of the molecule is COc1ccc(/C=C/C(=O)O)c2c1c(CCN(C)C)cn2C. The lowest BCUT2D eigenvalue weighted by Gasteiger charge is -2.10. The van der Waals surface area contributed by atoms with Crippen LogP contribution in [0.3, 0.4) is 0 Å². The van der Waals surface area contributed by atoms with Gasteiger partial charge in [-0.25, -0.2) is 4.79 Å². The van der Waals surface area contributed by atoms with E-state index in [1.165, 1.54) is 5.56 Å². The normalized spacial score (nSPS) is 11.7. The zero-order valence-corrected chi connectivity index (χ0v) is 13.5. The van der Waals surface area contributed by atoms with Gasteiger partial charge >= 0.3 is 5.97 Å². The molecule has 1 aromatic heterocycles. The highest BCUT2D eigenvalue weighted by atomic mass is 16.5. The third-order valence-corrected chi connectivity index (χ3v) is 3.65. The van der Waals surface area contributed by atoms with E-state index in [1.807, 2.05) is 37.8 Å². The fourth-order valence-corrected chi connectivity index (χ4v) is 2.64. The summed E-state index contributed by atoms with van der Waals surface area (Å²) in [5.74, 6) is -0.136. The van der Waals surface area contributed by atoms with Crippen LogP contribution in [-0.2, 0) is 18.3 Å². The van der Waals surface area contributed by atoms with E-state index in [2.05, 4.69) is 11.1 Å². The number of hydrogen-bond acceptors (Lipinski definition) is 3. The van der Waals surface area contributed by atoms with E-state index in [0.717, 1.165) is 41.3 Å². The zero-order chi connectivity index (χ0) is 16.3. The molecule has 2 aromatic rings. The number of aliphatic carboxylic acids is 1. The smallest absolute Gasteiger partial charge is 0.328 e. The maximum atomic E-state index is 10.8. The quantitative estimate of drug-likeness (QED) is 0.833. The van der Waals surface area contributed by atoms with Gasteiger partial charge in [-0.3, -0.25) is 0 Å². The predicted octanol–water partition coefficient (Wildman–Crippen LogP) is 2.39. The van der Waals surface area contributed by atoms with Crippen molar-refractivity contribution >= 4 is 22.9 Å². The van der Waals surface area contributed by atoms with Crippen molar-refractivity contribution < 1.29 is 14.6 Å². The average molecular weight is 302 g/mol. The lowest BCUT2D eigenvalue weighted by atomic mass is 10.0. The second kappa shape index (κ2) is 6.66. The van der Waals surface area contributed by atoms with Crippen LogP contribution in [-0.4, -0.2) is 48.3 Å². The molecule has 1 aromatic carbocycles. The first-order valence-corrected chi connectivity index (χ1v) is 7.14. The Labute approximate surface area is 130 Å². The summed E-state index contributed by atoms with van der Waals surface area (Å²) in [5.41, 5.74) is 3.07. The second-order valence-electron chi connectivity index (χ2n) is 5.57. The average Bonchev–Trinajstić information content (AvgIpc) is 2.80. The molecule has 0 unspecified atom stereocenters. The summed E-state index contributed by atoms with van der Waals surface area (Å²) in [7, 11) is 7.72.